The third kappa shape index (κ3) is 4.00. The number of nitrogens with zero attached hydrogens (tertiary/aromatic N) is 1. The third-order valence-corrected chi connectivity index (χ3v) is 11.9. The summed E-state index contributed by atoms with van der Waals surface area (Å²) in [7, 11) is 0. The Balaban J connectivity index is 1.19. The van der Waals surface area contributed by atoms with Gasteiger partial charge in [0.25, 0.3) is 0 Å². The Kier molecular flexibility index (Phi) is 6.59. The summed E-state index contributed by atoms with van der Waals surface area (Å²) in [5.41, 5.74) is 0.0268. The first-order chi connectivity index (χ1) is 16.4. The number of likely N-dealkylation sites (tertiary alicyclic amines) is 1. The average Bonchev–Trinajstić information content (AvgIpc) is 3.56. The first-order valence-corrected chi connectivity index (χ1v) is 14.7. The van der Waals surface area contributed by atoms with Crippen LogP contribution in [0.4, 0.5) is 0 Å². The Morgan fingerprint density at radius 2 is 1.74 bits per heavy atom. The van der Waals surface area contributed by atoms with Gasteiger partial charge in [-0.05, 0) is 118 Å². The Morgan fingerprint density at radius 1 is 0.941 bits per heavy atom. The zero-order valence-electron chi connectivity index (χ0n) is 21.8. The number of rotatable bonds is 6. The van der Waals surface area contributed by atoms with Gasteiger partial charge >= 0.3 is 0 Å². The van der Waals surface area contributed by atoms with Crippen LogP contribution in [0.15, 0.2) is 0 Å². The topological polar surface area (TPSA) is 51.2 Å². The number of ether oxygens (including phenoxy) is 3. The van der Waals surface area contributed by atoms with Crippen LogP contribution in [0.2, 0.25) is 0 Å². The highest BCUT2D eigenvalue weighted by Crippen LogP contribution is 2.68. The van der Waals surface area contributed by atoms with Crippen LogP contribution in [0, 0.1) is 34.5 Å². The normalized spacial score (nSPS) is 49.7. The molecule has 2 aliphatic heterocycles. The number of fused-ring (bicyclic) bond motifs is 5. The van der Waals surface area contributed by atoms with Crippen LogP contribution in [0.3, 0.4) is 0 Å². The van der Waals surface area contributed by atoms with Crippen molar-refractivity contribution in [2.45, 2.75) is 109 Å². The molecular formula is C29H49NO4. The van der Waals surface area contributed by atoms with E-state index in [0.29, 0.717) is 29.3 Å². The highest BCUT2D eigenvalue weighted by Gasteiger charge is 2.65. The lowest BCUT2D eigenvalue weighted by atomic mass is 9.43. The molecule has 2 saturated heterocycles. The summed E-state index contributed by atoms with van der Waals surface area (Å²) in [6.07, 6.45) is 14.8. The Hall–Kier alpha value is -0.200. The van der Waals surface area contributed by atoms with Crippen LogP contribution in [0.1, 0.15) is 90.9 Å². The number of hydrogen-bond donors (Lipinski definition) is 1. The van der Waals surface area contributed by atoms with Gasteiger partial charge < -0.3 is 24.2 Å². The van der Waals surface area contributed by atoms with E-state index in [1.54, 1.807) is 0 Å². The van der Waals surface area contributed by atoms with E-state index >= 15 is 0 Å². The largest absolute Gasteiger partial charge is 0.389 e. The molecule has 0 radical (unpaired) electrons. The maximum atomic E-state index is 12.1. The van der Waals surface area contributed by atoms with E-state index in [1.807, 2.05) is 0 Å². The van der Waals surface area contributed by atoms with Crippen molar-refractivity contribution < 1.29 is 19.3 Å². The minimum Gasteiger partial charge on any atom is -0.389 e. The molecular weight excluding hydrogens is 426 g/mol. The van der Waals surface area contributed by atoms with Crippen LogP contribution >= 0.6 is 0 Å². The molecule has 0 aromatic carbocycles. The maximum Gasteiger partial charge on any atom is 0.158 e. The van der Waals surface area contributed by atoms with Crippen LogP contribution < -0.4 is 0 Å². The molecule has 0 bridgehead atoms. The van der Waals surface area contributed by atoms with Crippen molar-refractivity contribution in [3.05, 3.63) is 0 Å². The standard InChI is InChI=1S/C29H49NO4/c1-27-9-5-10-29(27,31)24-7-6-22-19-25(32-15-14-30-12-3-4-13-30)21(18-26-33-16-17-34-26)20-28(22,2)23(24)8-11-27/h21-26,31H,3-20H2,1-2H3/t21?,22-,23+,24-,25-,27+,28+,29+/m1/s1. The summed E-state index contributed by atoms with van der Waals surface area (Å²) in [6, 6.07) is 0. The summed E-state index contributed by atoms with van der Waals surface area (Å²) in [5, 5.41) is 12.1. The summed E-state index contributed by atoms with van der Waals surface area (Å²) >= 11 is 0. The van der Waals surface area contributed by atoms with Gasteiger partial charge in [-0.15, -0.1) is 0 Å². The summed E-state index contributed by atoms with van der Waals surface area (Å²) in [5.74, 6) is 2.36. The van der Waals surface area contributed by atoms with Crippen molar-refractivity contribution in [3.63, 3.8) is 0 Å². The molecule has 5 heteroatoms. The predicted molar refractivity (Wildman–Crippen MR) is 132 cm³/mol. The lowest BCUT2D eigenvalue weighted by molar-refractivity contribution is -0.214. The van der Waals surface area contributed by atoms with Crippen molar-refractivity contribution in [2.75, 3.05) is 39.5 Å². The van der Waals surface area contributed by atoms with Crippen molar-refractivity contribution in [1.29, 1.82) is 0 Å². The number of aliphatic hydroxyl groups is 1. The second-order valence-electron chi connectivity index (χ2n) is 13.4. The molecule has 0 amide bonds. The highest BCUT2D eigenvalue weighted by atomic mass is 16.7. The van der Waals surface area contributed by atoms with Crippen molar-refractivity contribution in [1.82, 2.24) is 4.90 Å². The van der Waals surface area contributed by atoms with E-state index in [4.69, 9.17) is 14.2 Å². The van der Waals surface area contributed by atoms with Gasteiger partial charge in [-0.3, -0.25) is 0 Å². The van der Waals surface area contributed by atoms with E-state index in [-0.39, 0.29) is 11.7 Å². The predicted octanol–water partition coefficient (Wildman–Crippen LogP) is 5.00. The summed E-state index contributed by atoms with van der Waals surface area (Å²) in [6.45, 7) is 10.9. The van der Waals surface area contributed by atoms with Crippen molar-refractivity contribution in [2.24, 2.45) is 34.5 Å². The first kappa shape index (κ1) is 24.2. The summed E-state index contributed by atoms with van der Waals surface area (Å²) < 4.78 is 18.6. The van der Waals surface area contributed by atoms with Gasteiger partial charge in [0.15, 0.2) is 6.29 Å². The monoisotopic (exact) mass is 475 g/mol. The van der Waals surface area contributed by atoms with E-state index < -0.39 is 5.60 Å². The Labute approximate surface area is 207 Å². The fraction of sp³-hybridized carbons (Fsp3) is 1.00. The second-order valence-corrected chi connectivity index (χ2v) is 13.4. The molecule has 8 atom stereocenters. The molecule has 34 heavy (non-hydrogen) atoms. The Morgan fingerprint density at radius 3 is 2.53 bits per heavy atom. The zero-order valence-corrected chi connectivity index (χ0v) is 21.8. The molecule has 0 spiro atoms. The quantitative estimate of drug-likeness (QED) is 0.586. The van der Waals surface area contributed by atoms with E-state index in [1.165, 1.54) is 77.3 Å². The fourth-order valence-corrected chi connectivity index (χ4v) is 9.93. The molecule has 0 aromatic heterocycles. The molecule has 5 nitrogen and oxygen atoms in total. The molecule has 1 N–H and O–H groups in total. The van der Waals surface area contributed by atoms with Crippen molar-refractivity contribution >= 4 is 0 Å². The van der Waals surface area contributed by atoms with Gasteiger partial charge in [-0.1, -0.05) is 13.8 Å². The maximum absolute atomic E-state index is 12.1. The first-order valence-electron chi connectivity index (χ1n) is 14.7. The molecule has 194 valence electrons. The minimum atomic E-state index is -0.430. The molecule has 6 aliphatic rings. The van der Waals surface area contributed by atoms with Crippen LogP contribution in [0.5, 0.6) is 0 Å². The summed E-state index contributed by atoms with van der Waals surface area (Å²) in [4.78, 5) is 2.57. The van der Waals surface area contributed by atoms with Gasteiger partial charge in [0.05, 0.1) is 31.5 Å². The lowest BCUT2D eigenvalue weighted by Gasteiger charge is -2.64. The van der Waals surface area contributed by atoms with E-state index in [2.05, 4.69) is 18.7 Å². The molecule has 6 rings (SSSR count). The fourth-order valence-electron chi connectivity index (χ4n) is 9.93. The molecule has 6 fully saturated rings. The highest BCUT2D eigenvalue weighted by molar-refractivity contribution is 5.15. The lowest BCUT2D eigenvalue weighted by Crippen LogP contribution is -2.62. The van der Waals surface area contributed by atoms with E-state index in [0.717, 1.165) is 45.1 Å². The average molecular weight is 476 g/mol. The SMILES string of the molecule is C[C@]12CC(CC3OCCO3)[C@H](OCCN3CCCC3)C[C@H]1CC[C@@H]1[C@@H]2CC[C@]2(C)CCC[C@]12O. The smallest absolute Gasteiger partial charge is 0.158 e. The van der Waals surface area contributed by atoms with Crippen molar-refractivity contribution in [3.8, 4) is 0 Å². The molecule has 4 saturated carbocycles. The van der Waals surface area contributed by atoms with Gasteiger partial charge in [-0.2, -0.15) is 0 Å². The molecule has 2 heterocycles. The molecule has 4 aliphatic carbocycles. The van der Waals surface area contributed by atoms with Gasteiger partial charge in [0.1, 0.15) is 0 Å². The second kappa shape index (κ2) is 9.28. The molecule has 0 aromatic rings. The van der Waals surface area contributed by atoms with Gasteiger partial charge in [0, 0.05) is 13.0 Å². The molecule has 1 unspecified atom stereocenters. The van der Waals surface area contributed by atoms with Gasteiger partial charge in [-0.25, -0.2) is 0 Å². The van der Waals surface area contributed by atoms with Crippen LogP contribution in [-0.2, 0) is 14.2 Å². The number of hydrogen-bond acceptors (Lipinski definition) is 5. The van der Waals surface area contributed by atoms with Gasteiger partial charge in [0.2, 0.25) is 0 Å². The van der Waals surface area contributed by atoms with E-state index in [9.17, 15) is 5.11 Å². The zero-order chi connectivity index (χ0) is 23.4. The minimum absolute atomic E-state index is 0.0529. The van der Waals surface area contributed by atoms with Crippen LogP contribution in [0.25, 0.3) is 0 Å². The third-order valence-electron chi connectivity index (χ3n) is 11.9. The van der Waals surface area contributed by atoms with Crippen LogP contribution in [-0.4, -0.2) is 67.5 Å². The Bertz CT molecular complexity index is 721.